The zero-order valence-electron chi connectivity index (χ0n) is 18.3. The van der Waals surface area contributed by atoms with Crippen molar-refractivity contribution in [3.8, 4) is 0 Å². The fourth-order valence-corrected chi connectivity index (χ4v) is 4.81. The minimum absolute atomic E-state index is 0.219. The van der Waals surface area contributed by atoms with E-state index in [-0.39, 0.29) is 12.5 Å². The Morgan fingerprint density at radius 1 is 1.29 bits per heavy atom. The molecule has 1 aromatic heterocycles. The lowest BCUT2D eigenvalue weighted by Gasteiger charge is -2.42. The van der Waals surface area contributed by atoms with Gasteiger partial charge in [-0.2, -0.15) is 0 Å². The number of dihydropyridines is 1. The van der Waals surface area contributed by atoms with Crippen molar-refractivity contribution in [1.29, 1.82) is 0 Å². The Hall–Kier alpha value is -2.51. The normalized spacial score (nSPS) is 22.7. The molecule has 0 bridgehead atoms. The van der Waals surface area contributed by atoms with Crippen LogP contribution in [0.15, 0.2) is 41.4 Å². The number of esters is 1. The summed E-state index contributed by atoms with van der Waals surface area (Å²) in [5.74, 6) is 1.34. The van der Waals surface area contributed by atoms with Crippen LogP contribution in [0.5, 0.6) is 0 Å². The van der Waals surface area contributed by atoms with Crippen LogP contribution in [0.3, 0.4) is 0 Å². The first-order valence-corrected chi connectivity index (χ1v) is 11.4. The van der Waals surface area contributed by atoms with Crippen LogP contribution in [0.1, 0.15) is 37.9 Å². The van der Waals surface area contributed by atoms with E-state index >= 15 is 0 Å². The Morgan fingerprint density at radius 2 is 2.19 bits per heavy atom. The number of rotatable bonds is 10. The van der Waals surface area contributed by atoms with E-state index in [1.165, 1.54) is 26.4 Å². The molecule has 31 heavy (non-hydrogen) atoms. The molecule has 0 radical (unpaired) electrons. The van der Waals surface area contributed by atoms with Crippen molar-refractivity contribution in [3.05, 3.63) is 42.2 Å². The summed E-state index contributed by atoms with van der Waals surface area (Å²) in [6.07, 6.45) is 12.1. The lowest BCUT2D eigenvalue weighted by molar-refractivity contribution is -0.139. The zero-order chi connectivity index (χ0) is 21.5. The van der Waals surface area contributed by atoms with E-state index < -0.39 is 0 Å². The Morgan fingerprint density at radius 3 is 3.06 bits per heavy atom. The number of benzene rings is 1. The molecule has 3 unspecified atom stereocenters. The molecular weight excluding hydrogens is 390 g/mol. The van der Waals surface area contributed by atoms with Gasteiger partial charge in [0.25, 0.3) is 0 Å². The maximum absolute atomic E-state index is 11.2. The second-order valence-corrected chi connectivity index (χ2v) is 8.47. The third kappa shape index (κ3) is 5.60. The van der Waals surface area contributed by atoms with Gasteiger partial charge in [-0.1, -0.05) is 24.6 Å². The fourth-order valence-electron chi connectivity index (χ4n) is 4.81. The molecule has 7 heteroatoms. The van der Waals surface area contributed by atoms with E-state index in [1.54, 1.807) is 0 Å². The maximum Gasteiger partial charge on any atom is 0.319 e. The third-order valence-electron chi connectivity index (χ3n) is 6.38. The Bertz CT molecular complexity index is 889. The topological polar surface area (TPSA) is 82.6 Å². The van der Waals surface area contributed by atoms with Crippen molar-refractivity contribution in [2.75, 3.05) is 26.7 Å². The maximum atomic E-state index is 11.2. The number of aromatic nitrogens is 2. The molecule has 1 aliphatic heterocycles. The van der Waals surface area contributed by atoms with Gasteiger partial charge in [0.1, 0.15) is 5.82 Å². The van der Waals surface area contributed by atoms with Crippen molar-refractivity contribution in [1.82, 2.24) is 20.2 Å². The summed E-state index contributed by atoms with van der Waals surface area (Å²) < 4.78 is 4.68. The van der Waals surface area contributed by atoms with Crippen LogP contribution in [0.2, 0.25) is 0 Å². The van der Waals surface area contributed by atoms with E-state index in [4.69, 9.17) is 9.98 Å². The average molecular weight is 424 g/mol. The second-order valence-electron chi connectivity index (χ2n) is 8.47. The van der Waals surface area contributed by atoms with Gasteiger partial charge in [0.15, 0.2) is 0 Å². The van der Waals surface area contributed by atoms with Crippen molar-refractivity contribution in [3.63, 3.8) is 0 Å². The van der Waals surface area contributed by atoms with Crippen molar-refractivity contribution < 1.29 is 9.53 Å². The minimum Gasteiger partial charge on any atom is -0.468 e. The molecule has 166 valence electrons. The number of aromatic amines is 1. The number of carbonyl (C=O) groups excluding carboxylic acids is 1. The molecule has 1 fully saturated rings. The number of hydrogen-bond donors (Lipinski definition) is 2. The number of aliphatic imine (C=N–C) groups is 1. The smallest absolute Gasteiger partial charge is 0.319 e. The lowest BCUT2D eigenvalue weighted by atomic mass is 9.79. The molecule has 0 amide bonds. The molecule has 4 rings (SSSR count). The first-order chi connectivity index (χ1) is 15.2. The number of hydrogen-bond acceptors (Lipinski definition) is 6. The highest BCUT2D eigenvalue weighted by Crippen LogP contribution is 2.33. The van der Waals surface area contributed by atoms with Crippen LogP contribution in [-0.4, -0.2) is 65.9 Å². The van der Waals surface area contributed by atoms with Crippen LogP contribution >= 0.6 is 0 Å². The fraction of sp³-hybridized carbons (Fsp3) is 0.542. The number of allylic oxidation sites excluding steroid dienone is 1. The molecule has 2 aliphatic rings. The van der Waals surface area contributed by atoms with Gasteiger partial charge in [0.05, 0.1) is 37.3 Å². The summed E-state index contributed by atoms with van der Waals surface area (Å²) in [6.45, 7) is 2.87. The summed E-state index contributed by atoms with van der Waals surface area (Å²) >= 11 is 0. The van der Waals surface area contributed by atoms with E-state index in [0.717, 1.165) is 49.3 Å². The van der Waals surface area contributed by atoms with Gasteiger partial charge in [-0.25, -0.2) is 4.98 Å². The molecular formula is C24H33N5O2. The number of nitrogens with zero attached hydrogens (tertiary/aromatic N) is 3. The summed E-state index contributed by atoms with van der Waals surface area (Å²) in [6, 6.07) is 8.96. The zero-order valence-corrected chi connectivity index (χ0v) is 18.3. The van der Waals surface area contributed by atoms with Gasteiger partial charge in [0, 0.05) is 18.2 Å². The predicted octanol–water partition coefficient (Wildman–Crippen LogP) is 3.09. The molecule has 1 aliphatic carbocycles. The molecule has 3 atom stereocenters. The molecule has 0 spiro atoms. The molecule has 2 heterocycles. The van der Waals surface area contributed by atoms with Gasteiger partial charge in [-0.3, -0.25) is 14.7 Å². The number of fused-ring (bicyclic) bond motifs is 2. The molecule has 2 aromatic rings. The molecule has 0 saturated heterocycles. The van der Waals surface area contributed by atoms with Gasteiger partial charge >= 0.3 is 5.97 Å². The van der Waals surface area contributed by atoms with Gasteiger partial charge in [0.2, 0.25) is 0 Å². The molecule has 1 saturated carbocycles. The number of unbranched alkanes of at least 4 members (excludes halogenated alkanes) is 1. The summed E-state index contributed by atoms with van der Waals surface area (Å²) in [5, 5.41) is 3.16. The number of nitrogens with one attached hydrogen (secondary N) is 2. The highest BCUT2D eigenvalue weighted by molar-refractivity contribution is 5.74. The van der Waals surface area contributed by atoms with E-state index in [1.807, 2.05) is 18.3 Å². The minimum atomic E-state index is -0.219. The SMILES string of the molecule is COC(=O)CNCCCCN(Cc1nc2ccccc2[nH]1)C1CCCC2C=CC=NC21. The van der Waals surface area contributed by atoms with E-state index in [9.17, 15) is 4.79 Å². The van der Waals surface area contributed by atoms with Gasteiger partial charge < -0.3 is 15.0 Å². The second kappa shape index (κ2) is 10.7. The summed E-state index contributed by atoms with van der Waals surface area (Å²) in [4.78, 5) is 27.0. The van der Waals surface area contributed by atoms with Crippen molar-refractivity contribution >= 4 is 23.2 Å². The largest absolute Gasteiger partial charge is 0.468 e. The van der Waals surface area contributed by atoms with Crippen LogP contribution < -0.4 is 5.32 Å². The van der Waals surface area contributed by atoms with Crippen LogP contribution in [0, 0.1) is 5.92 Å². The Kier molecular flexibility index (Phi) is 7.48. The predicted molar refractivity (Wildman–Crippen MR) is 123 cm³/mol. The number of para-hydroxylation sites is 2. The van der Waals surface area contributed by atoms with Gasteiger partial charge in [-0.15, -0.1) is 0 Å². The van der Waals surface area contributed by atoms with Crippen LogP contribution in [0.25, 0.3) is 11.0 Å². The van der Waals surface area contributed by atoms with Crippen LogP contribution in [0.4, 0.5) is 0 Å². The standard InChI is InChI=1S/C24H33N5O2/c1-31-23(30)16-25-13-4-5-15-29(17-22-27-19-10-2-3-11-20(19)28-22)21-12-6-8-18-9-7-14-26-24(18)21/h2-3,7,9-11,14,18,21,24-25H,4-6,8,12-13,15-17H2,1H3,(H,27,28). The Labute approximate surface area is 184 Å². The third-order valence-corrected chi connectivity index (χ3v) is 6.38. The monoisotopic (exact) mass is 423 g/mol. The quantitative estimate of drug-likeness (QED) is 0.453. The van der Waals surface area contributed by atoms with E-state index in [2.05, 4.69) is 44.2 Å². The molecule has 1 aromatic carbocycles. The average Bonchev–Trinajstić information content (AvgIpc) is 3.22. The summed E-state index contributed by atoms with van der Waals surface area (Å²) in [7, 11) is 1.42. The van der Waals surface area contributed by atoms with Crippen molar-refractivity contribution in [2.24, 2.45) is 10.9 Å². The van der Waals surface area contributed by atoms with Crippen LogP contribution in [-0.2, 0) is 16.1 Å². The number of imidazole rings is 1. The first kappa shape index (κ1) is 21.7. The number of H-pyrrole nitrogens is 1. The van der Waals surface area contributed by atoms with Gasteiger partial charge in [-0.05, 0) is 57.0 Å². The highest BCUT2D eigenvalue weighted by atomic mass is 16.5. The van der Waals surface area contributed by atoms with E-state index in [0.29, 0.717) is 18.0 Å². The number of methoxy groups -OCH3 is 1. The molecule has 7 nitrogen and oxygen atoms in total. The number of carbonyl (C=O) groups is 1. The van der Waals surface area contributed by atoms with Crippen molar-refractivity contribution in [2.45, 2.75) is 50.7 Å². The summed E-state index contributed by atoms with van der Waals surface area (Å²) in [5.41, 5.74) is 2.11. The highest BCUT2D eigenvalue weighted by Gasteiger charge is 2.36. The first-order valence-electron chi connectivity index (χ1n) is 11.4. The molecule has 2 N–H and O–H groups in total. The Balaban J connectivity index is 1.41. The number of ether oxygens (including phenoxy) is 1. The lowest BCUT2D eigenvalue weighted by Crippen LogP contribution is -2.48.